The van der Waals surface area contributed by atoms with Crippen LogP contribution in [0.1, 0.15) is 26.2 Å². The Morgan fingerprint density at radius 2 is 2.11 bits per heavy atom. The minimum Gasteiger partial charge on any atom is -0.398 e. The van der Waals surface area contributed by atoms with Crippen molar-refractivity contribution in [2.75, 3.05) is 12.3 Å². The van der Waals surface area contributed by atoms with Gasteiger partial charge in [-0.1, -0.05) is 29.3 Å². The molecule has 0 bridgehead atoms. The molecule has 0 radical (unpaired) electrons. The van der Waals surface area contributed by atoms with E-state index >= 15 is 0 Å². The molecule has 0 aliphatic heterocycles. The highest BCUT2D eigenvalue weighted by Crippen LogP contribution is 2.39. The molecule has 0 amide bonds. The van der Waals surface area contributed by atoms with E-state index in [1.54, 1.807) is 12.1 Å². The Morgan fingerprint density at radius 3 is 2.61 bits per heavy atom. The summed E-state index contributed by atoms with van der Waals surface area (Å²) in [4.78, 5) is 0.147. The van der Waals surface area contributed by atoms with Gasteiger partial charge in [0, 0.05) is 11.0 Å². The lowest BCUT2D eigenvalue weighted by molar-refractivity contribution is 0.166. The molecular formula is C12H17BrN2O2S. The maximum atomic E-state index is 12.1. The van der Waals surface area contributed by atoms with Crippen molar-refractivity contribution in [3.63, 3.8) is 0 Å². The van der Waals surface area contributed by atoms with Crippen LogP contribution >= 0.6 is 15.9 Å². The highest BCUT2D eigenvalue weighted by atomic mass is 79.9. The van der Waals surface area contributed by atoms with Crippen molar-refractivity contribution in [1.29, 1.82) is 0 Å². The molecule has 2 rings (SSSR count). The summed E-state index contributed by atoms with van der Waals surface area (Å²) in [6, 6.07) is 4.79. The van der Waals surface area contributed by atoms with E-state index in [1.165, 1.54) is 12.5 Å². The Bertz CT molecular complexity index is 553. The van der Waals surface area contributed by atoms with Crippen LogP contribution in [0.15, 0.2) is 27.6 Å². The molecule has 1 saturated carbocycles. The van der Waals surface area contributed by atoms with Gasteiger partial charge in [0.2, 0.25) is 10.0 Å². The molecule has 0 spiro atoms. The van der Waals surface area contributed by atoms with Gasteiger partial charge in [-0.05, 0) is 36.5 Å². The molecule has 1 fully saturated rings. The highest BCUT2D eigenvalue weighted by molar-refractivity contribution is 9.10. The molecule has 18 heavy (non-hydrogen) atoms. The molecule has 100 valence electrons. The van der Waals surface area contributed by atoms with E-state index in [4.69, 9.17) is 5.73 Å². The molecule has 0 atom stereocenters. The van der Waals surface area contributed by atoms with Crippen LogP contribution in [0.3, 0.4) is 0 Å². The van der Waals surface area contributed by atoms with Gasteiger partial charge in [-0.2, -0.15) is 0 Å². The van der Waals surface area contributed by atoms with Gasteiger partial charge >= 0.3 is 0 Å². The normalized spacial score (nSPS) is 18.3. The summed E-state index contributed by atoms with van der Waals surface area (Å²) in [5.74, 6) is 0. The third-order valence-corrected chi connectivity index (χ3v) is 5.48. The average Bonchev–Trinajstić information content (AvgIpc) is 2.23. The Balaban J connectivity index is 2.15. The van der Waals surface area contributed by atoms with Crippen LogP contribution in [-0.2, 0) is 10.0 Å². The number of nitrogen functional groups attached to an aromatic ring is 1. The number of anilines is 1. The molecule has 6 heteroatoms. The molecule has 3 N–H and O–H groups in total. The van der Waals surface area contributed by atoms with Crippen molar-refractivity contribution in [3.05, 3.63) is 22.7 Å². The van der Waals surface area contributed by atoms with Crippen LogP contribution in [0.5, 0.6) is 0 Å². The summed E-state index contributed by atoms with van der Waals surface area (Å²) in [5, 5.41) is 0. The lowest BCUT2D eigenvalue weighted by Gasteiger charge is -2.38. The fourth-order valence-corrected chi connectivity index (χ4v) is 3.76. The van der Waals surface area contributed by atoms with Crippen LogP contribution in [-0.4, -0.2) is 15.0 Å². The second-order valence-electron chi connectivity index (χ2n) is 5.17. The number of nitrogens with one attached hydrogen (secondary N) is 1. The summed E-state index contributed by atoms with van der Waals surface area (Å²) in [5.41, 5.74) is 6.11. The molecule has 0 heterocycles. The minimum absolute atomic E-state index is 0.108. The Morgan fingerprint density at radius 1 is 1.44 bits per heavy atom. The van der Waals surface area contributed by atoms with Crippen LogP contribution < -0.4 is 10.5 Å². The molecule has 0 saturated heterocycles. The molecule has 1 aromatic rings. The highest BCUT2D eigenvalue weighted by Gasteiger charge is 2.33. The fourth-order valence-electron chi connectivity index (χ4n) is 2.07. The molecule has 4 nitrogen and oxygen atoms in total. The SMILES string of the molecule is CC1(CNS(=O)(=O)c2ccc(Br)cc2N)CCC1. The van der Waals surface area contributed by atoms with Gasteiger partial charge in [-0.3, -0.25) is 0 Å². The second kappa shape index (κ2) is 4.83. The van der Waals surface area contributed by atoms with Gasteiger partial charge in [0.25, 0.3) is 0 Å². The number of benzene rings is 1. The van der Waals surface area contributed by atoms with Gasteiger partial charge in [0.1, 0.15) is 4.90 Å². The van der Waals surface area contributed by atoms with E-state index in [9.17, 15) is 8.42 Å². The third-order valence-electron chi connectivity index (χ3n) is 3.51. The predicted octanol–water partition coefficient (Wildman–Crippen LogP) is 2.50. The number of rotatable bonds is 4. The van der Waals surface area contributed by atoms with Crippen molar-refractivity contribution in [2.45, 2.75) is 31.1 Å². The van der Waals surface area contributed by atoms with Crippen molar-refractivity contribution in [3.8, 4) is 0 Å². The third kappa shape index (κ3) is 2.87. The van der Waals surface area contributed by atoms with Crippen LogP contribution in [0.4, 0.5) is 5.69 Å². The molecule has 1 aliphatic rings. The summed E-state index contributed by atoms with van der Waals surface area (Å²) in [6.45, 7) is 2.58. The molecular weight excluding hydrogens is 316 g/mol. The molecule has 0 unspecified atom stereocenters. The van der Waals surface area contributed by atoms with Gasteiger partial charge in [0.15, 0.2) is 0 Å². The van der Waals surface area contributed by atoms with Crippen molar-refractivity contribution in [1.82, 2.24) is 4.72 Å². The number of hydrogen-bond acceptors (Lipinski definition) is 3. The van der Waals surface area contributed by atoms with E-state index in [1.807, 2.05) is 0 Å². The molecule has 1 aromatic carbocycles. The first-order chi connectivity index (χ1) is 8.32. The zero-order chi connectivity index (χ0) is 13.4. The Hall–Kier alpha value is -0.590. The first-order valence-electron chi connectivity index (χ1n) is 5.87. The molecule has 0 aromatic heterocycles. The first-order valence-corrected chi connectivity index (χ1v) is 8.15. The maximum Gasteiger partial charge on any atom is 0.242 e. The largest absolute Gasteiger partial charge is 0.398 e. The standard InChI is InChI=1S/C12H17BrN2O2S/c1-12(5-2-6-12)8-15-18(16,17)11-4-3-9(13)7-10(11)14/h3-4,7,15H,2,5-6,8,14H2,1H3. The summed E-state index contributed by atoms with van der Waals surface area (Å²) in [7, 11) is -3.51. The second-order valence-corrected chi connectivity index (χ2v) is 7.82. The first kappa shape index (κ1) is 13.8. The minimum atomic E-state index is -3.51. The number of sulfonamides is 1. The van der Waals surface area contributed by atoms with Crippen molar-refractivity contribution >= 4 is 31.6 Å². The van der Waals surface area contributed by atoms with Gasteiger partial charge in [-0.15, -0.1) is 0 Å². The van der Waals surface area contributed by atoms with Crippen LogP contribution in [0, 0.1) is 5.41 Å². The van der Waals surface area contributed by atoms with Crippen molar-refractivity contribution in [2.24, 2.45) is 5.41 Å². The van der Waals surface area contributed by atoms with E-state index in [2.05, 4.69) is 27.6 Å². The smallest absolute Gasteiger partial charge is 0.242 e. The molecule has 1 aliphatic carbocycles. The Kier molecular flexibility index (Phi) is 3.71. The van der Waals surface area contributed by atoms with Gasteiger partial charge < -0.3 is 5.73 Å². The number of nitrogens with two attached hydrogens (primary N) is 1. The predicted molar refractivity (Wildman–Crippen MR) is 75.7 cm³/mol. The van der Waals surface area contributed by atoms with Crippen LogP contribution in [0.25, 0.3) is 0 Å². The lowest BCUT2D eigenvalue weighted by Crippen LogP contribution is -2.40. The van der Waals surface area contributed by atoms with Crippen molar-refractivity contribution < 1.29 is 8.42 Å². The van der Waals surface area contributed by atoms with E-state index in [0.717, 1.165) is 17.3 Å². The fraction of sp³-hybridized carbons (Fsp3) is 0.500. The zero-order valence-corrected chi connectivity index (χ0v) is 12.6. The summed E-state index contributed by atoms with van der Waals surface area (Å²) in [6.07, 6.45) is 3.33. The maximum absolute atomic E-state index is 12.1. The summed E-state index contributed by atoms with van der Waals surface area (Å²) < 4.78 is 27.7. The zero-order valence-electron chi connectivity index (χ0n) is 10.2. The average molecular weight is 333 g/mol. The lowest BCUT2D eigenvalue weighted by atomic mass is 9.71. The van der Waals surface area contributed by atoms with E-state index in [-0.39, 0.29) is 16.0 Å². The van der Waals surface area contributed by atoms with Gasteiger partial charge in [-0.25, -0.2) is 13.1 Å². The monoisotopic (exact) mass is 332 g/mol. The number of hydrogen-bond donors (Lipinski definition) is 2. The topological polar surface area (TPSA) is 72.2 Å². The van der Waals surface area contributed by atoms with E-state index < -0.39 is 10.0 Å². The van der Waals surface area contributed by atoms with Gasteiger partial charge in [0.05, 0.1) is 5.69 Å². The Labute approximate surface area is 116 Å². The number of halogens is 1. The van der Waals surface area contributed by atoms with Crippen LogP contribution in [0.2, 0.25) is 0 Å². The quantitative estimate of drug-likeness (QED) is 0.832. The van der Waals surface area contributed by atoms with E-state index in [0.29, 0.717) is 6.54 Å². The summed E-state index contributed by atoms with van der Waals surface area (Å²) >= 11 is 3.26.